The molecular weight excluding hydrogens is 396 g/mol. The van der Waals surface area contributed by atoms with E-state index in [4.69, 9.17) is 4.74 Å². The zero-order valence-electron chi connectivity index (χ0n) is 17.3. The van der Waals surface area contributed by atoms with E-state index >= 15 is 0 Å². The SMILES string of the molecule is CCOc1ccc(C2Nc3ccc(S(=O)(=O)N4CCCC4)cc3C3C=CCC32)cc1. The maximum absolute atomic E-state index is 13.1. The number of anilines is 1. The van der Waals surface area contributed by atoms with E-state index in [1.807, 2.05) is 31.2 Å². The van der Waals surface area contributed by atoms with Crippen LogP contribution in [0, 0.1) is 5.92 Å². The number of hydrogen-bond donors (Lipinski definition) is 1. The molecule has 1 N–H and O–H groups in total. The Balaban J connectivity index is 1.48. The van der Waals surface area contributed by atoms with Crippen LogP contribution in [0.2, 0.25) is 0 Å². The minimum Gasteiger partial charge on any atom is -0.494 e. The van der Waals surface area contributed by atoms with Gasteiger partial charge in [-0.25, -0.2) is 8.42 Å². The van der Waals surface area contributed by atoms with Gasteiger partial charge in [-0.05, 0) is 73.6 Å². The van der Waals surface area contributed by atoms with Crippen LogP contribution in [0.25, 0.3) is 0 Å². The number of nitrogens with zero attached hydrogens (tertiary/aromatic N) is 1. The Labute approximate surface area is 178 Å². The van der Waals surface area contributed by atoms with E-state index in [-0.39, 0.29) is 12.0 Å². The lowest BCUT2D eigenvalue weighted by molar-refractivity contribution is 0.340. The maximum atomic E-state index is 13.1. The molecular formula is C24H28N2O3S. The average molecular weight is 425 g/mol. The fourth-order valence-corrected chi connectivity index (χ4v) is 6.63. The van der Waals surface area contributed by atoms with Crippen LogP contribution < -0.4 is 10.1 Å². The highest BCUT2D eigenvalue weighted by molar-refractivity contribution is 7.89. The Morgan fingerprint density at radius 1 is 1.10 bits per heavy atom. The molecule has 2 aromatic rings. The molecule has 0 amide bonds. The standard InChI is InChI=1S/C24H28N2O3S/c1-2-29-18-10-8-17(9-11-18)24-21-7-5-6-20(21)22-16-19(12-13-23(22)25-24)30(27,28)26-14-3-4-15-26/h5-6,8-13,16,20-21,24-25H,2-4,7,14-15H2,1H3. The van der Waals surface area contributed by atoms with Gasteiger partial charge in [0, 0.05) is 24.7 Å². The summed E-state index contributed by atoms with van der Waals surface area (Å²) < 4.78 is 33.3. The molecule has 3 aliphatic rings. The van der Waals surface area contributed by atoms with Gasteiger partial charge in [0.1, 0.15) is 5.75 Å². The molecule has 3 atom stereocenters. The first-order valence-corrected chi connectivity index (χ1v) is 12.3. The average Bonchev–Trinajstić information content (AvgIpc) is 3.46. The Bertz CT molecular complexity index is 1060. The summed E-state index contributed by atoms with van der Waals surface area (Å²) in [5.41, 5.74) is 3.36. The fraction of sp³-hybridized carbons (Fsp3) is 0.417. The summed E-state index contributed by atoms with van der Waals surface area (Å²) in [5, 5.41) is 3.70. The van der Waals surface area contributed by atoms with E-state index in [0.29, 0.717) is 30.5 Å². The van der Waals surface area contributed by atoms with Crippen molar-refractivity contribution in [3.8, 4) is 5.75 Å². The van der Waals surface area contributed by atoms with E-state index in [1.165, 1.54) is 5.56 Å². The molecule has 0 aromatic heterocycles. The van der Waals surface area contributed by atoms with Crippen LogP contribution in [-0.2, 0) is 10.0 Å². The first-order valence-electron chi connectivity index (χ1n) is 10.9. The molecule has 2 aromatic carbocycles. The molecule has 5 rings (SSSR count). The number of sulfonamides is 1. The molecule has 3 unspecified atom stereocenters. The van der Waals surface area contributed by atoms with Crippen molar-refractivity contribution in [2.75, 3.05) is 25.0 Å². The second-order valence-corrected chi connectivity index (χ2v) is 10.3. The Kier molecular flexibility index (Phi) is 5.07. The zero-order valence-corrected chi connectivity index (χ0v) is 18.1. The molecule has 6 heteroatoms. The Morgan fingerprint density at radius 2 is 1.87 bits per heavy atom. The van der Waals surface area contributed by atoms with Crippen LogP contribution >= 0.6 is 0 Å². The summed E-state index contributed by atoms with van der Waals surface area (Å²) in [6.07, 6.45) is 7.36. The molecule has 0 saturated carbocycles. The highest BCUT2D eigenvalue weighted by Gasteiger charge is 2.39. The molecule has 0 bridgehead atoms. The van der Waals surface area contributed by atoms with Crippen LogP contribution in [0.15, 0.2) is 59.5 Å². The molecule has 30 heavy (non-hydrogen) atoms. The van der Waals surface area contributed by atoms with Gasteiger partial charge in [0.15, 0.2) is 0 Å². The number of hydrogen-bond acceptors (Lipinski definition) is 4. The van der Waals surface area contributed by atoms with Crippen molar-refractivity contribution < 1.29 is 13.2 Å². The number of allylic oxidation sites excluding steroid dienone is 2. The summed E-state index contributed by atoms with van der Waals surface area (Å²) in [4.78, 5) is 0.420. The molecule has 1 saturated heterocycles. The van der Waals surface area contributed by atoms with E-state index in [2.05, 4.69) is 29.6 Å². The molecule has 0 spiro atoms. The molecule has 2 aliphatic heterocycles. The third kappa shape index (κ3) is 3.32. The summed E-state index contributed by atoms with van der Waals surface area (Å²) in [5.74, 6) is 1.49. The highest BCUT2D eigenvalue weighted by atomic mass is 32.2. The third-order valence-corrected chi connectivity index (χ3v) is 8.48. The number of fused-ring (bicyclic) bond motifs is 3. The van der Waals surface area contributed by atoms with Crippen molar-refractivity contribution >= 4 is 15.7 Å². The number of rotatable bonds is 5. The predicted molar refractivity (Wildman–Crippen MR) is 118 cm³/mol. The van der Waals surface area contributed by atoms with Crippen LogP contribution in [0.4, 0.5) is 5.69 Å². The highest BCUT2D eigenvalue weighted by Crippen LogP contribution is 2.50. The van der Waals surface area contributed by atoms with Crippen molar-refractivity contribution in [1.82, 2.24) is 4.31 Å². The number of ether oxygens (including phenoxy) is 1. The maximum Gasteiger partial charge on any atom is 0.243 e. The monoisotopic (exact) mass is 424 g/mol. The summed E-state index contributed by atoms with van der Waals surface area (Å²) in [6.45, 7) is 3.90. The lowest BCUT2D eigenvalue weighted by Crippen LogP contribution is -2.30. The number of nitrogens with one attached hydrogen (secondary N) is 1. The smallest absolute Gasteiger partial charge is 0.243 e. The van der Waals surface area contributed by atoms with Gasteiger partial charge in [0.05, 0.1) is 17.5 Å². The minimum atomic E-state index is -3.41. The lowest BCUT2D eigenvalue weighted by Gasteiger charge is -2.38. The summed E-state index contributed by atoms with van der Waals surface area (Å²) >= 11 is 0. The van der Waals surface area contributed by atoms with Crippen LogP contribution in [-0.4, -0.2) is 32.4 Å². The van der Waals surface area contributed by atoms with Gasteiger partial charge in [0.25, 0.3) is 0 Å². The van der Waals surface area contributed by atoms with E-state index in [0.717, 1.165) is 36.3 Å². The second kappa shape index (κ2) is 7.75. The van der Waals surface area contributed by atoms with E-state index in [1.54, 1.807) is 10.4 Å². The van der Waals surface area contributed by atoms with Crippen molar-refractivity contribution in [3.63, 3.8) is 0 Å². The topological polar surface area (TPSA) is 58.6 Å². The molecule has 1 fully saturated rings. The van der Waals surface area contributed by atoms with Gasteiger partial charge in [-0.1, -0.05) is 24.3 Å². The molecule has 5 nitrogen and oxygen atoms in total. The Hall–Kier alpha value is -2.31. The van der Waals surface area contributed by atoms with Crippen LogP contribution in [0.1, 0.15) is 49.3 Å². The normalized spacial score (nSPS) is 25.6. The van der Waals surface area contributed by atoms with Crippen LogP contribution in [0.5, 0.6) is 5.75 Å². The number of benzene rings is 2. The van der Waals surface area contributed by atoms with E-state index in [9.17, 15) is 8.42 Å². The van der Waals surface area contributed by atoms with Gasteiger partial charge in [-0.15, -0.1) is 0 Å². The van der Waals surface area contributed by atoms with Crippen molar-refractivity contribution in [3.05, 3.63) is 65.7 Å². The van der Waals surface area contributed by atoms with Gasteiger partial charge in [0.2, 0.25) is 10.0 Å². The van der Waals surface area contributed by atoms with Gasteiger partial charge in [-0.3, -0.25) is 0 Å². The first-order chi connectivity index (χ1) is 14.6. The lowest BCUT2D eigenvalue weighted by atomic mass is 9.77. The van der Waals surface area contributed by atoms with Gasteiger partial charge >= 0.3 is 0 Å². The summed E-state index contributed by atoms with van der Waals surface area (Å²) in [6, 6.07) is 14.1. The van der Waals surface area contributed by atoms with Crippen molar-refractivity contribution in [2.24, 2.45) is 5.92 Å². The fourth-order valence-electron chi connectivity index (χ4n) is 5.08. The first kappa shape index (κ1) is 19.6. The zero-order chi connectivity index (χ0) is 20.7. The van der Waals surface area contributed by atoms with Crippen molar-refractivity contribution in [2.45, 2.75) is 43.0 Å². The van der Waals surface area contributed by atoms with Crippen molar-refractivity contribution in [1.29, 1.82) is 0 Å². The molecule has 1 aliphatic carbocycles. The molecule has 158 valence electrons. The minimum absolute atomic E-state index is 0.189. The quantitative estimate of drug-likeness (QED) is 0.707. The van der Waals surface area contributed by atoms with Gasteiger partial charge < -0.3 is 10.1 Å². The third-order valence-electron chi connectivity index (χ3n) is 6.59. The molecule has 2 heterocycles. The van der Waals surface area contributed by atoms with Crippen LogP contribution in [0.3, 0.4) is 0 Å². The Morgan fingerprint density at radius 3 is 2.60 bits per heavy atom. The largest absolute Gasteiger partial charge is 0.494 e. The predicted octanol–water partition coefficient (Wildman–Crippen LogP) is 4.70. The van der Waals surface area contributed by atoms with Gasteiger partial charge in [-0.2, -0.15) is 4.31 Å². The van der Waals surface area contributed by atoms with E-state index < -0.39 is 10.0 Å². The second-order valence-electron chi connectivity index (χ2n) is 8.34. The molecule has 0 radical (unpaired) electrons. The summed E-state index contributed by atoms with van der Waals surface area (Å²) in [7, 11) is -3.41.